The van der Waals surface area contributed by atoms with Crippen LogP contribution in [0.1, 0.15) is 39.2 Å². The van der Waals surface area contributed by atoms with Gasteiger partial charge in [-0.3, -0.25) is 9.59 Å². The van der Waals surface area contributed by atoms with Crippen LogP contribution >= 0.6 is 0 Å². The van der Waals surface area contributed by atoms with E-state index in [1.165, 1.54) is 10.4 Å². The van der Waals surface area contributed by atoms with Crippen molar-refractivity contribution in [3.8, 4) is 0 Å². The van der Waals surface area contributed by atoms with Crippen LogP contribution in [0, 0.1) is 6.92 Å². The molecule has 1 aromatic rings. The first kappa shape index (κ1) is 23.3. The molecule has 8 nitrogen and oxygen atoms in total. The van der Waals surface area contributed by atoms with Crippen molar-refractivity contribution >= 4 is 27.5 Å². The van der Waals surface area contributed by atoms with Crippen LogP contribution in [0.25, 0.3) is 0 Å². The summed E-state index contributed by atoms with van der Waals surface area (Å²) in [6, 6.07) is 4.71. The van der Waals surface area contributed by atoms with E-state index in [0.717, 1.165) is 17.7 Å². The van der Waals surface area contributed by atoms with E-state index < -0.39 is 16.1 Å². The first-order valence-electron chi connectivity index (χ1n) is 10.1. The Balaban J connectivity index is 2.08. The van der Waals surface area contributed by atoms with Crippen molar-refractivity contribution in [2.24, 2.45) is 0 Å². The lowest BCUT2D eigenvalue weighted by Gasteiger charge is -2.22. The van der Waals surface area contributed by atoms with Gasteiger partial charge >= 0.3 is 0 Å². The Bertz CT molecular complexity index is 848. The Labute approximate surface area is 173 Å². The third kappa shape index (κ3) is 6.01. The molecular formula is C20H33N4O4S+. The molecule has 0 aromatic heterocycles. The molecule has 162 valence electrons. The van der Waals surface area contributed by atoms with Gasteiger partial charge in [-0.2, -0.15) is 4.31 Å². The van der Waals surface area contributed by atoms with Crippen LogP contribution in [0.2, 0.25) is 0 Å². The molecule has 3 N–H and O–H groups in total. The number of benzene rings is 1. The summed E-state index contributed by atoms with van der Waals surface area (Å²) in [6.45, 7) is 8.04. The number of aryl methyl sites for hydroxylation is 1. The second-order valence-corrected chi connectivity index (χ2v) is 9.55. The second-order valence-electron chi connectivity index (χ2n) is 7.65. The predicted molar refractivity (Wildman–Crippen MR) is 112 cm³/mol. The number of nitrogens with zero attached hydrogens (tertiary/aromatic N) is 1. The number of nitrogens with one attached hydrogen (secondary N) is 3. The number of rotatable bonds is 10. The zero-order valence-electron chi connectivity index (χ0n) is 17.9. The van der Waals surface area contributed by atoms with E-state index in [1.807, 2.05) is 0 Å². The molecule has 0 spiro atoms. The summed E-state index contributed by atoms with van der Waals surface area (Å²) in [5.41, 5.74) is 1.05. The molecule has 0 aliphatic heterocycles. The molecule has 9 heteroatoms. The van der Waals surface area contributed by atoms with Crippen molar-refractivity contribution in [2.75, 3.05) is 32.0 Å². The third-order valence-corrected chi connectivity index (χ3v) is 7.49. The molecule has 0 heterocycles. The topological polar surface area (TPSA) is 100 Å². The molecule has 2 amide bonds. The number of amides is 2. The standard InChI is InChI=1S/C20H32N4O4S/c1-6-24(7-2)29(27,28)18-12-17(9-8-14(18)3)22-20(26)15(4)23(5)13-19(25)21-16-10-11-16/h8-9,12,15-16H,6-7,10-11,13H2,1-5H3,(H,21,25)(H,22,26)/p+1/t15-/m1/s1. The van der Waals surface area contributed by atoms with Crippen LogP contribution in [-0.4, -0.2) is 63.3 Å². The molecule has 1 aliphatic rings. The summed E-state index contributed by atoms with van der Waals surface area (Å²) >= 11 is 0. The van der Waals surface area contributed by atoms with Crippen LogP contribution < -0.4 is 15.5 Å². The van der Waals surface area contributed by atoms with Crippen molar-refractivity contribution in [3.05, 3.63) is 23.8 Å². The van der Waals surface area contributed by atoms with Gasteiger partial charge in [0.25, 0.3) is 11.8 Å². The molecule has 0 bridgehead atoms. The minimum Gasteiger partial charge on any atom is -0.348 e. The van der Waals surface area contributed by atoms with Crippen molar-refractivity contribution < 1.29 is 22.9 Å². The molecule has 1 aliphatic carbocycles. The summed E-state index contributed by atoms with van der Waals surface area (Å²) in [7, 11) is -1.83. The van der Waals surface area contributed by atoms with Crippen molar-refractivity contribution in [1.29, 1.82) is 0 Å². The lowest BCUT2D eigenvalue weighted by molar-refractivity contribution is -0.885. The van der Waals surface area contributed by atoms with Gasteiger partial charge in [-0.25, -0.2) is 8.42 Å². The lowest BCUT2D eigenvalue weighted by Crippen LogP contribution is -3.15. The number of quaternary nitrogens is 1. The van der Waals surface area contributed by atoms with E-state index in [2.05, 4.69) is 10.6 Å². The molecular weight excluding hydrogens is 392 g/mol. The summed E-state index contributed by atoms with van der Waals surface area (Å²) in [6.07, 6.45) is 2.04. The average Bonchev–Trinajstić information content (AvgIpc) is 3.46. The molecule has 0 radical (unpaired) electrons. The zero-order chi connectivity index (χ0) is 21.8. The Kier molecular flexibility index (Phi) is 7.79. The summed E-state index contributed by atoms with van der Waals surface area (Å²) in [5.74, 6) is -0.329. The van der Waals surface area contributed by atoms with Crippen molar-refractivity contribution in [1.82, 2.24) is 9.62 Å². The molecule has 2 rings (SSSR count). The quantitative estimate of drug-likeness (QED) is 0.497. The number of likely N-dealkylation sites (N-methyl/N-ethyl adjacent to an activating group) is 1. The first-order chi connectivity index (χ1) is 13.6. The molecule has 1 fully saturated rings. The number of carbonyl (C=O) groups is 2. The van der Waals surface area contributed by atoms with E-state index in [0.29, 0.717) is 24.3 Å². The number of anilines is 1. The van der Waals surface area contributed by atoms with E-state index in [-0.39, 0.29) is 29.3 Å². The summed E-state index contributed by atoms with van der Waals surface area (Å²) in [4.78, 5) is 25.6. The van der Waals surface area contributed by atoms with Gasteiger partial charge in [0.1, 0.15) is 0 Å². The highest BCUT2D eigenvalue weighted by Gasteiger charge is 2.29. The number of carbonyl (C=O) groups excluding carboxylic acids is 2. The highest BCUT2D eigenvalue weighted by Crippen LogP contribution is 2.23. The van der Waals surface area contributed by atoms with Crippen molar-refractivity contribution in [3.63, 3.8) is 0 Å². The normalized spacial score (nSPS) is 16.3. The maximum Gasteiger partial charge on any atom is 0.282 e. The van der Waals surface area contributed by atoms with Gasteiger partial charge in [-0.05, 0) is 44.4 Å². The maximum absolute atomic E-state index is 12.9. The molecule has 1 aromatic carbocycles. The molecule has 1 saturated carbocycles. The highest BCUT2D eigenvalue weighted by atomic mass is 32.2. The van der Waals surface area contributed by atoms with Crippen LogP contribution in [0.15, 0.2) is 23.1 Å². The summed E-state index contributed by atoms with van der Waals surface area (Å²) in [5, 5.41) is 5.71. The van der Waals surface area contributed by atoms with E-state index in [1.54, 1.807) is 46.9 Å². The fourth-order valence-corrected chi connectivity index (χ4v) is 4.75. The Morgan fingerprint density at radius 1 is 1.24 bits per heavy atom. The van der Waals surface area contributed by atoms with Gasteiger partial charge in [-0.15, -0.1) is 0 Å². The zero-order valence-corrected chi connectivity index (χ0v) is 18.7. The number of hydrogen-bond donors (Lipinski definition) is 3. The Morgan fingerprint density at radius 2 is 1.86 bits per heavy atom. The fraction of sp³-hybridized carbons (Fsp3) is 0.600. The average molecular weight is 426 g/mol. The van der Waals surface area contributed by atoms with E-state index in [9.17, 15) is 18.0 Å². The van der Waals surface area contributed by atoms with Crippen LogP contribution in [0.3, 0.4) is 0 Å². The van der Waals surface area contributed by atoms with Gasteiger partial charge in [0, 0.05) is 24.8 Å². The summed E-state index contributed by atoms with van der Waals surface area (Å²) < 4.78 is 27.1. The molecule has 29 heavy (non-hydrogen) atoms. The van der Waals surface area contributed by atoms with Crippen LogP contribution in [-0.2, 0) is 19.6 Å². The monoisotopic (exact) mass is 425 g/mol. The van der Waals surface area contributed by atoms with Gasteiger partial charge in [-0.1, -0.05) is 19.9 Å². The van der Waals surface area contributed by atoms with Crippen LogP contribution in [0.5, 0.6) is 0 Å². The van der Waals surface area contributed by atoms with Gasteiger partial charge in [0.2, 0.25) is 10.0 Å². The van der Waals surface area contributed by atoms with Gasteiger partial charge < -0.3 is 15.5 Å². The fourth-order valence-electron chi connectivity index (χ4n) is 3.05. The first-order valence-corrected chi connectivity index (χ1v) is 11.6. The Morgan fingerprint density at radius 3 is 2.41 bits per heavy atom. The lowest BCUT2D eigenvalue weighted by atomic mass is 10.2. The van der Waals surface area contributed by atoms with Crippen molar-refractivity contribution in [2.45, 2.75) is 57.5 Å². The molecule has 2 atom stereocenters. The number of hydrogen-bond acceptors (Lipinski definition) is 4. The highest BCUT2D eigenvalue weighted by molar-refractivity contribution is 7.89. The van der Waals surface area contributed by atoms with Gasteiger partial charge in [0.15, 0.2) is 12.6 Å². The van der Waals surface area contributed by atoms with Crippen LogP contribution in [0.4, 0.5) is 5.69 Å². The SMILES string of the molecule is CCN(CC)S(=O)(=O)c1cc(NC(=O)[C@@H](C)[NH+](C)CC(=O)NC2CC2)ccc1C. The molecule has 0 saturated heterocycles. The van der Waals surface area contributed by atoms with Gasteiger partial charge in [0.05, 0.1) is 11.9 Å². The maximum atomic E-state index is 12.9. The predicted octanol–water partition coefficient (Wildman–Crippen LogP) is 0.146. The largest absolute Gasteiger partial charge is 0.348 e. The molecule has 1 unspecified atom stereocenters. The number of sulfonamides is 1. The van der Waals surface area contributed by atoms with E-state index >= 15 is 0 Å². The Hall–Kier alpha value is -1.97. The smallest absolute Gasteiger partial charge is 0.282 e. The minimum atomic E-state index is -3.62. The van der Waals surface area contributed by atoms with E-state index in [4.69, 9.17) is 0 Å². The minimum absolute atomic E-state index is 0.0624. The second kappa shape index (κ2) is 9.69. The third-order valence-electron chi connectivity index (χ3n) is 5.29.